The number of ether oxygens (including phenoxy) is 1. The molecule has 0 saturated carbocycles. The van der Waals surface area contributed by atoms with Gasteiger partial charge in [0.15, 0.2) is 0 Å². The Hall–Kier alpha value is -5.01. The van der Waals surface area contributed by atoms with Crippen molar-refractivity contribution in [2.45, 2.75) is 110 Å². The average Bonchev–Trinajstić information content (AvgIpc) is 3.48. The maximum absolute atomic E-state index is 14.5. The fourth-order valence-electron chi connectivity index (χ4n) is 6.35. The second kappa shape index (κ2) is 15.5. The van der Waals surface area contributed by atoms with Crippen LogP contribution in [0, 0.1) is 15.5 Å². The highest BCUT2D eigenvalue weighted by atomic mass is 16.6. The van der Waals surface area contributed by atoms with Crippen molar-refractivity contribution in [1.29, 1.82) is 0 Å². The number of non-ortho nitro benzene ring substituents is 1. The van der Waals surface area contributed by atoms with Gasteiger partial charge in [0.05, 0.1) is 11.0 Å². The predicted molar refractivity (Wildman–Crippen MR) is 190 cm³/mol. The summed E-state index contributed by atoms with van der Waals surface area (Å²) >= 11 is 0. The van der Waals surface area contributed by atoms with E-state index in [0.717, 1.165) is 35.3 Å². The monoisotopic (exact) mass is 706 g/mol. The molecule has 5 atom stereocenters. The van der Waals surface area contributed by atoms with Crippen molar-refractivity contribution in [2.24, 2.45) is 5.41 Å². The van der Waals surface area contributed by atoms with Crippen LogP contribution in [0.2, 0.25) is 0 Å². The molecule has 1 aliphatic heterocycles. The highest BCUT2D eigenvalue weighted by Crippen LogP contribution is 2.31. The number of carbonyl (C=O) groups excluding carboxylic acids is 5. The third-order valence-corrected chi connectivity index (χ3v) is 9.29. The Labute approximate surface area is 298 Å². The van der Waals surface area contributed by atoms with Gasteiger partial charge in [-0.3, -0.25) is 34.2 Å². The van der Waals surface area contributed by atoms with Crippen LogP contribution in [0.3, 0.4) is 0 Å². The van der Waals surface area contributed by atoms with E-state index < -0.39 is 63.9 Å². The van der Waals surface area contributed by atoms with Crippen molar-refractivity contribution in [2.75, 3.05) is 13.6 Å². The maximum atomic E-state index is 14.5. The number of hydrogen-bond donors (Lipinski definition) is 3. The number of likely N-dealkylation sites (tertiary alicyclic amines) is 1. The van der Waals surface area contributed by atoms with E-state index in [9.17, 15) is 34.1 Å². The second-order valence-corrected chi connectivity index (χ2v) is 15.4. The molecule has 2 aromatic carbocycles. The summed E-state index contributed by atoms with van der Waals surface area (Å²) < 4.78 is 5.41. The first-order valence-corrected chi connectivity index (χ1v) is 17.3. The molecule has 1 saturated heterocycles. The Kier molecular flexibility index (Phi) is 11.8. The number of carbonyl (C=O) groups is 5. The molecule has 1 heterocycles. The van der Waals surface area contributed by atoms with Crippen LogP contribution in [0.1, 0.15) is 95.3 Å². The molecule has 276 valence electrons. The zero-order valence-corrected chi connectivity index (χ0v) is 30.6. The van der Waals surface area contributed by atoms with Crippen LogP contribution in [0.5, 0.6) is 0 Å². The SMILES string of the molecule is C[C@@H](C(=O)N[C@H](C(=O)N1C[C@@H](NC(=O)c2ccc([N+](=O)[O-])cc2)C[C@H]1C(=O)N[C@@H]1CCCc2ccccc21)C(C)(C)C)N(C)C(=O)OC(C)(C)C. The first-order chi connectivity index (χ1) is 23.8. The normalized spacial score (nSPS) is 19.9. The first kappa shape index (κ1) is 38.8. The molecule has 0 aromatic heterocycles. The highest BCUT2D eigenvalue weighted by molar-refractivity contribution is 5.96. The number of likely N-dealkylation sites (N-methyl/N-ethyl adjacent to an activating group) is 1. The number of aryl methyl sites for hydroxylation is 1. The Bertz CT molecular complexity index is 1650. The molecule has 14 nitrogen and oxygen atoms in total. The molecule has 1 fully saturated rings. The molecule has 2 aliphatic rings. The lowest BCUT2D eigenvalue weighted by Gasteiger charge is -2.37. The molecule has 0 bridgehead atoms. The summed E-state index contributed by atoms with van der Waals surface area (Å²) in [5.74, 6) is -1.99. The molecule has 0 radical (unpaired) electrons. The summed E-state index contributed by atoms with van der Waals surface area (Å²) in [7, 11) is 1.44. The van der Waals surface area contributed by atoms with E-state index in [0.29, 0.717) is 0 Å². The molecule has 5 amide bonds. The van der Waals surface area contributed by atoms with Crippen LogP contribution in [-0.4, -0.2) is 87.8 Å². The lowest BCUT2D eigenvalue weighted by atomic mass is 9.85. The number of nitro groups is 1. The van der Waals surface area contributed by atoms with Crippen LogP contribution in [0.15, 0.2) is 48.5 Å². The highest BCUT2D eigenvalue weighted by Gasteiger charge is 2.46. The molecule has 2 aromatic rings. The second-order valence-electron chi connectivity index (χ2n) is 15.4. The molecule has 0 spiro atoms. The van der Waals surface area contributed by atoms with Crippen molar-refractivity contribution >= 4 is 35.4 Å². The van der Waals surface area contributed by atoms with E-state index in [-0.39, 0.29) is 36.2 Å². The maximum Gasteiger partial charge on any atom is 0.410 e. The fraction of sp³-hybridized carbons (Fsp3) is 0.541. The van der Waals surface area contributed by atoms with E-state index in [4.69, 9.17) is 4.74 Å². The molecule has 1 aliphatic carbocycles. The lowest BCUT2D eigenvalue weighted by molar-refractivity contribution is -0.384. The Morgan fingerprint density at radius 1 is 0.980 bits per heavy atom. The van der Waals surface area contributed by atoms with Crippen molar-refractivity contribution in [3.8, 4) is 0 Å². The molecule has 51 heavy (non-hydrogen) atoms. The van der Waals surface area contributed by atoms with Crippen LogP contribution >= 0.6 is 0 Å². The zero-order chi connectivity index (χ0) is 37.8. The van der Waals surface area contributed by atoms with Gasteiger partial charge < -0.3 is 25.6 Å². The molecule has 0 unspecified atom stereocenters. The van der Waals surface area contributed by atoms with Gasteiger partial charge in [-0.05, 0) is 82.1 Å². The van der Waals surface area contributed by atoms with Gasteiger partial charge in [0, 0.05) is 37.3 Å². The van der Waals surface area contributed by atoms with Crippen LogP contribution in [0.25, 0.3) is 0 Å². The average molecular weight is 707 g/mol. The summed E-state index contributed by atoms with van der Waals surface area (Å²) in [6.07, 6.45) is 1.93. The minimum atomic E-state index is -1.10. The number of amides is 5. The predicted octanol–water partition coefficient (Wildman–Crippen LogP) is 4.27. The first-order valence-electron chi connectivity index (χ1n) is 17.3. The fourth-order valence-corrected chi connectivity index (χ4v) is 6.35. The number of rotatable bonds is 9. The summed E-state index contributed by atoms with van der Waals surface area (Å²) in [6, 6.07) is 9.11. The van der Waals surface area contributed by atoms with Gasteiger partial charge in [0.25, 0.3) is 11.6 Å². The molecule has 14 heteroatoms. The Morgan fingerprint density at radius 3 is 2.24 bits per heavy atom. The number of nitrogens with one attached hydrogen (secondary N) is 3. The van der Waals surface area contributed by atoms with E-state index in [1.54, 1.807) is 41.5 Å². The Balaban J connectivity index is 1.58. The smallest absolute Gasteiger partial charge is 0.410 e. The van der Waals surface area contributed by atoms with E-state index in [1.165, 1.54) is 43.1 Å². The summed E-state index contributed by atoms with van der Waals surface area (Å²) in [6.45, 7) is 12.0. The van der Waals surface area contributed by atoms with Gasteiger partial charge in [-0.25, -0.2) is 4.79 Å². The number of nitrogens with zero attached hydrogens (tertiary/aromatic N) is 3. The lowest BCUT2D eigenvalue weighted by Crippen LogP contribution is -2.60. The van der Waals surface area contributed by atoms with Crippen molar-refractivity contribution in [3.05, 3.63) is 75.3 Å². The van der Waals surface area contributed by atoms with Crippen LogP contribution in [-0.2, 0) is 25.5 Å². The van der Waals surface area contributed by atoms with Crippen molar-refractivity contribution in [3.63, 3.8) is 0 Å². The van der Waals surface area contributed by atoms with Gasteiger partial charge in [0.1, 0.15) is 23.7 Å². The minimum Gasteiger partial charge on any atom is -0.444 e. The summed E-state index contributed by atoms with van der Waals surface area (Å²) in [5.41, 5.74) is 0.614. The van der Waals surface area contributed by atoms with E-state index in [2.05, 4.69) is 16.0 Å². The number of fused-ring (bicyclic) bond motifs is 1. The Morgan fingerprint density at radius 2 is 1.63 bits per heavy atom. The van der Waals surface area contributed by atoms with Crippen molar-refractivity contribution in [1.82, 2.24) is 25.8 Å². The molecular weight excluding hydrogens is 656 g/mol. The van der Waals surface area contributed by atoms with Gasteiger partial charge >= 0.3 is 6.09 Å². The topological polar surface area (TPSA) is 180 Å². The van der Waals surface area contributed by atoms with Crippen LogP contribution in [0.4, 0.5) is 10.5 Å². The number of nitro benzene ring substituents is 1. The van der Waals surface area contributed by atoms with Crippen molar-refractivity contribution < 1.29 is 33.6 Å². The van der Waals surface area contributed by atoms with E-state index >= 15 is 0 Å². The molecule has 4 rings (SSSR count). The standard InChI is InChI=1S/C37H50N6O8/c1-22(41(8)35(48)51-37(5,6)7)31(44)40-30(36(2,3)4)34(47)42-21-25(38-32(45)24-16-18-26(19-17-24)43(49)50)20-29(42)33(46)39-28-15-11-13-23-12-9-10-14-27(23)28/h9-10,12,14,16-19,22,25,28-30H,11,13,15,20-21H2,1-8H3,(H,38,45)(H,39,46)(H,40,44)/t22-,25-,28+,29-,30+/m0/s1. The third kappa shape index (κ3) is 9.62. The quantitative estimate of drug-likeness (QED) is 0.255. The third-order valence-electron chi connectivity index (χ3n) is 9.29. The van der Waals surface area contributed by atoms with Gasteiger partial charge in [-0.15, -0.1) is 0 Å². The zero-order valence-electron chi connectivity index (χ0n) is 30.6. The van der Waals surface area contributed by atoms with E-state index in [1.807, 2.05) is 24.3 Å². The summed E-state index contributed by atoms with van der Waals surface area (Å²) in [4.78, 5) is 81.2. The molecule has 3 N–H and O–H groups in total. The van der Waals surface area contributed by atoms with Gasteiger partial charge in [0.2, 0.25) is 17.7 Å². The largest absolute Gasteiger partial charge is 0.444 e. The number of hydrogen-bond acceptors (Lipinski definition) is 8. The van der Waals surface area contributed by atoms with Crippen LogP contribution < -0.4 is 16.0 Å². The van der Waals surface area contributed by atoms with Gasteiger partial charge in [-0.2, -0.15) is 0 Å². The van der Waals surface area contributed by atoms with Gasteiger partial charge in [-0.1, -0.05) is 45.0 Å². The number of benzene rings is 2. The summed E-state index contributed by atoms with van der Waals surface area (Å²) in [5, 5.41) is 20.0. The molecular formula is C37H50N6O8. The minimum absolute atomic E-state index is 0.0211.